The Bertz CT molecular complexity index is 1490. The van der Waals surface area contributed by atoms with Gasteiger partial charge in [0.15, 0.2) is 5.69 Å². The Balaban J connectivity index is 1.59. The smallest absolute Gasteiger partial charge is 0.307 e. The van der Waals surface area contributed by atoms with Gasteiger partial charge in [0.05, 0.1) is 28.9 Å². The number of benzene rings is 3. The average molecular weight is 564 g/mol. The number of rotatable bonds is 7. The summed E-state index contributed by atoms with van der Waals surface area (Å²) in [4.78, 5) is 27.8. The third-order valence-corrected chi connectivity index (χ3v) is 7.66. The molecule has 5 rings (SSSR count). The standard InChI is InChI=1S/C30H27Cl2N3O4/c1-39-26-18-34(16-15-22(26)19-7-3-2-4-8-19)30(38)28-23(17-27(36)37)29(20-11-13-21(31)14-12-20)35(33-28)25-10-6-5-9-24(25)32/h2-14,22,26H,15-18H2,1H3,(H,36,37)/t22-,26+/m0/s1. The molecule has 3 aromatic carbocycles. The van der Waals surface area contributed by atoms with Crippen LogP contribution in [0.4, 0.5) is 0 Å². The van der Waals surface area contributed by atoms with Gasteiger partial charge in [-0.3, -0.25) is 9.59 Å². The number of aliphatic carboxylic acids is 1. The fourth-order valence-electron chi connectivity index (χ4n) is 5.21. The van der Waals surface area contributed by atoms with Gasteiger partial charge in [0.1, 0.15) is 0 Å². The van der Waals surface area contributed by atoms with Crippen LogP contribution in [-0.4, -0.2) is 58.0 Å². The zero-order valence-electron chi connectivity index (χ0n) is 21.3. The van der Waals surface area contributed by atoms with Gasteiger partial charge in [0.25, 0.3) is 5.91 Å². The molecule has 2 heterocycles. The molecule has 0 bridgehead atoms. The van der Waals surface area contributed by atoms with Crippen molar-refractivity contribution >= 4 is 35.1 Å². The zero-order valence-corrected chi connectivity index (χ0v) is 22.8. The third kappa shape index (κ3) is 5.57. The van der Waals surface area contributed by atoms with Crippen LogP contribution >= 0.6 is 23.2 Å². The van der Waals surface area contributed by atoms with Gasteiger partial charge in [-0.1, -0.05) is 77.8 Å². The number of piperidine rings is 1. The first-order valence-electron chi connectivity index (χ1n) is 12.6. The number of carboxylic acid groups (broad SMARTS) is 1. The Kier molecular flexibility index (Phi) is 8.02. The Hall–Kier alpha value is -3.65. The number of amides is 1. The Labute approximate surface area is 236 Å². The van der Waals surface area contributed by atoms with E-state index in [2.05, 4.69) is 12.1 Å². The molecule has 1 aliphatic heterocycles. The van der Waals surface area contributed by atoms with Crippen LogP contribution in [0.3, 0.4) is 0 Å². The second kappa shape index (κ2) is 11.6. The number of hydrogen-bond acceptors (Lipinski definition) is 4. The Morgan fingerprint density at radius 3 is 2.36 bits per heavy atom. The maximum absolute atomic E-state index is 14.0. The highest BCUT2D eigenvalue weighted by Crippen LogP contribution is 2.35. The molecule has 0 unspecified atom stereocenters. The number of carbonyl (C=O) groups excluding carboxylic acids is 1. The topological polar surface area (TPSA) is 84.7 Å². The fraction of sp³-hybridized carbons (Fsp3) is 0.233. The summed E-state index contributed by atoms with van der Waals surface area (Å²) in [7, 11) is 1.65. The van der Waals surface area contributed by atoms with E-state index in [4.69, 9.17) is 33.0 Å². The molecule has 2 atom stereocenters. The first-order valence-corrected chi connectivity index (χ1v) is 13.3. The molecule has 1 aliphatic rings. The predicted molar refractivity (Wildman–Crippen MR) is 151 cm³/mol. The molecular weight excluding hydrogens is 537 g/mol. The van der Waals surface area contributed by atoms with Gasteiger partial charge in [-0.05, 0) is 36.2 Å². The van der Waals surface area contributed by atoms with Crippen molar-refractivity contribution in [3.05, 3.63) is 106 Å². The summed E-state index contributed by atoms with van der Waals surface area (Å²) in [6, 6.07) is 24.2. The lowest BCUT2D eigenvalue weighted by Gasteiger charge is -2.38. The van der Waals surface area contributed by atoms with Gasteiger partial charge in [-0.2, -0.15) is 5.10 Å². The van der Waals surface area contributed by atoms with Crippen LogP contribution in [0, 0.1) is 0 Å². The van der Waals surface area contributed by atoms with Crippen molar-refractivity contribution in [1.82, 2.24) is 14.7 Å². The van der Waals surface area contributed by atoms with Crippen molar-refractivity contribution in [2.75, 3.05) is 20.2 Å². The third-order valence-electron chi connectivity index (χ3n) is 7.09. The van der Waals surface area contributed by atoms with Gasteiger partial charge < -0.3 is 14.7 Å². The second-order valence-electron chi connectivity index (χ2n) is 9.45. The number of carboxylic acids is 1. The number of halogens is 2. The number of ether oxygens (including phenoxy) is 1. The Morgan fingerprint density at radius 1 is 1.00 bits per heavy atom. The summed E-state index contributed by atoms with van der Waals surface area (Å²) in [6.07, 6.45) is 0.101. The molecule has 7 nitrogen and oxygen atoms in total. The minimum absolute atomic E-state index is 0.0790. The quantitative estimate of drug-likeness (QED) is 0.293. The van der Waals surface area contributed by atoms with Crippen LogP contribution in [0.2, 0.25) is 10.0 Å². The van der Waals surface area contributed by atoms with Crippen molar-refractivity contribution in [1.29, 1.82) is 0 Å². The van der Waals surface area contributed by atoms with Crippen molar-refractivity contribution in [2.45, 2.75) is 24.9 Å². The molecule has 1 fully saturated rings. The molecule has 1 amide bonds. The van der Waals surface area contributed by atoms with Gasteiger partial charge in [0.2, 0.25) is 0 Å². The molecule has 0 spiro atoms. The van der Waals surface area contributed by atoms with E-state index in [1.165, 1.54) is 0 Å². The molecule has 1 aromatic heterocycles. The molecule has 0 radical (unpaired) electrons. The highest BCUT2D eigenvalue weighted by Gasteiger charge is 2.36. The molecule has 0 aliphatic carbocycles. The van der Waals surface area contributed by atoms with Crippen LogP contribution in [0.15, 0.2) is 78.9 Å². The van der Waals surface area contributed by atoms with E-state index in [9.17, 15) is 14.7 Å². The summed E-state index contributed by atoms with van der Waals surface area (Å²) in [5.41, 5.74) is 3.24. The van der Waals surface area contributed by atoms with E-state index < -0.39 is 12.4 Å². The van der Waals surface area contributed by atoms with E-state index in [0.29, 0.717) is 52.1 Å². The van der Waals surface area contributed by atoms with Crippen molar-refractivity contribution in [3.63, 3.8) is 0 Å². The highest BCUT2D eigenvalue weighted by atomic mass is 35.5. The summed E-state index contributed by atoms with van der Waals surface area (Å²) in [6.45, 7) is 0.844. The number of methoxy groups -OCH3 is 1. The molecule has 1 N–H and O–H groups in total. The minimum atomic E-state index is -1.07. The van der Waals surface area contributed by atoms with Gasteiger partial charge in [-0.25, -0.2) is 4.68 Å². The maximum Gasteiger partial charge on any atom is 0.307 e. The molecular formula is C30H27Cl2N3O4. The molecule has 200 valence electrons. The van der Waals surface area contributed by atoms with Crippen LogP contribution in [0.5, 0.6) is 0 Å². The van der Waals surface area contributed by atoms with E-state index in [1.807, 2.05) is 24.3 Å². The lowest BCUT2D eigenvalue weighted by atomic mass is 9.86. The number of carbonyl (C=O) groups is 2. The average Bonchev–Trinajstić information content (AvgIpc) is 3.31. The summed E-state index contributed by atoms with van der Waals surface area (Å²) in [5.74, 6) is -1.28. The van der Waals surface area contributed by atoms with Crippen LogP contribution in [0.1, 0.15) is 34.0 Å². The van der Waals surface area contributed by atoms with Crippen LogP contribution < -0.4 is 0 Å². The number of likely N-dealkylation sites (tertiary alicyclic amines) is 1. The summed E-state index contributed by atoms with van der Waals surface area (Å²) >= 11 is 12.7. The van der Waals surface area contributed by atoms with Crippen LogP contribution in [-0.2, 0) is 16.0 Å². The first-order chi connectivity index (χ1) is 18.9. The van der Waals surface area contributed by atoms with Crippen molar-refractivity contribution in [2.24, 2.45) is 0 Å². The zero-order chi connectivity index (χ0) is 27.5. The molecule has 9 heteroatoms. The van der Waals surface area contributed by atoms with Gasteiger partial charge in [-0.15, -0.1) is 0 Å². The minimum Gasteiger partial charge on any atom is -0.481 e. The number of hydrogen-bond donors (Lipinski definition) is 1. The van der Waals surface area contributed by atoms with Crippen LogP contribution in [0.25, 0.3) is 16.9 Å². The molecule has 39 heavy (non-hydrogen) atoms. The molecule has 1 saturated heterocycles. The highest BCUT2D eigenvalue weighted by molar-refractivity contribution is 6.32. The summed E-state index contributed by atoms with van der Waals surface area (Å²) < 4.78 is 7.38. The van der Waals surface area contributed by atoms with Gasteiger partial charge >= 0.3 is 5.97 Å². The number of nitrogens with zero attached hydrogens (tertiary/aromatic N) is 3. The lowest BCUT2D eigenvalue weighted by molar-refractivity contribution is -0.136. The largest absolute Gasteiger partial charge is 0.481 e. The second-order valence-corrected chi connectivity index (χ2v) is 10.3. The SMILES string of the molecule is CO[C@@H]1CN(C(=O)c2nn(-c3ccccc3Cl)c(-c3ccc(Cl)cc3)c2CC(=O)O)CC[C@H]1c1ccccc1. The van der Waals surface area contributed by atoms with E-state index in [-0.39, 0.29) is 23.6 Å². The van der Waals surface area contributed by atoms with E-state index >= 15 is 0 Å². The maximum atomic E-state index is 14.0. The fourth-order valence-corrected chi connectivity index (χ4v) is 5.56. The van der Waals surface area contributed by atoms with Gasteiger partial charge in [0, 0.05) is 42.3 Å². The number of aromatic nitrogens is 2. The van der Waals surface area contributed by atoms with E-state index in [1.54, 1.807) is 59.2 Å². The van der Waals surface area contributed by atoms with Crippen molar-refractivity contribution < 1.29 is 19.4 Å². The lowest BCUT2D eigenvalue weighted by Crippen LogP contribution is -2.46. The van der Waals surface area contributed by atoms with Crippen molar-refractivity contribution in [3.8, 4) is 16.9 Å². The molecule has 4 aromatic rings. The van der Waals surface area contributed by atoms with E-state index in [0.717, 1.165) is 5.56 Å². The monoisotopic (exact) mass is 563 g/mol. The first kappa shape index (κ1) is 26.9. The number of para-hydroxylation sites is 1. The summed E-state index contributed by atoms with van der Waals surface area (Å²) in [5, 5.41) is 15.5. The molecule has 0 saturated carbocycles. The Morgan fingerprint density at radius 2 is 1.69 bits per heavy atom. The normalized spacial score (nSPS) is 17.3. The predicted octanol–water partition coefficient (Wildman–Crippen LogP) is 6.12.